The Bertz CT molecular complexity index is 1200. The summed E-state index contributed by atoms with van der Waals surface area (Å²) in [5.41, 5.74) is -7.59. The zero-order chi connectivity index (χ0) is 30.0. The number of hydrogen-bond donors (Lipinski definition) is 2. The summed E-state index contributed by atoms with van der Waals surface area (Å²) in [6.45, 7) is 9.67. The first kappa shape index (κ1) is 33.4. The molecule has 2 aromatic rings. The van der Waals surface area contributed by atoms with E-state index in [2.05, 4.69) is 30.3 Å². The van der Waals surface area contributed by atoms with Crippen LogP contribution in [0.25, 0.3) is 0 Å². The van der Waals surface area contributed by atoms with Crippen LogP contribution in [0, 0.1) is 10.5 Å². The third-order valence-electron chi connectivity index (χ3n) is 5.42. The molecule has 0 fully saturated rings. The maximum atomic E-state index is 14.4. The highest BCUT2D eigenvalue weighted by Gasteiger charge is 2.73. The molecule has 2 N–H and O–H groups in total. The van der Waals surface area contributed by atoms with Gasteiger partial charge in [-0.1, -0.05) is 37.8 Å². The zero-order valence-corrected chi connectivity index (χ0v) is 25.7. The van der Waals surface area contributed by atoms with E-state index in [0.717, 1.165) is 18.4 Å². The molecule has 39 heavy (non-hydrogen) atoms. The van der Waals surface area contributed by atoms with Gasteiger partial charge in [0.2, 0.25) is 0 Å². The topological polar surface area (TPSA) is 58.2 Å². The number of alkyl halides is 7. The zero-order valence-electron chi connectivity index (χ0n) is 21.7. The van der Waals surface area contributed by atoms with E-state index < -0.39 is 43.5 Å². The molecule has 216 valence electrons. The minimum atomic E-state index is -6.25. The molecule has 0 aromatic heterocycles. The van der Waals surface area contributed by atoms with Crippen molar-refractivity contribution < 1.29 is 40.3 Å². The monoisotopic (exact) mass is 708 g/mol. The van der Waals surface area contributed by atoms with Crippen LogP contribution in [-0.2, 0) is 5.67 Å². The summed E-state index contributed by atoms with van der Waals surface area (Å²) in [5, 5.41) is 6.28. The van der Waals surface area contributed by atoms with Crippen LogP contribution < -0.4 is 10.6 Å². The Kier molecular flexibility index (Phi) is 10.6. The number of anilines is 1. The van der Waals surface area contributed by atoms with Crippen molar-refractivity contribution in [1.29, 1.82) is 0 Å². The number of hydrogen-bond acceptors (Lipinski definition) is 3. The van der Waals surface area contributed by atoms with Gasteiger partial charge in [-0.05, 0) is 65.6 Å². The van der Waals surface area contributed by atoms with Crippen molar-refractivity contribution in [2.75, 3.05) is 16.4 Å². The molecule has 2 aromatic carbocycles. The molecule has 0 aliphatic heterocycles. The summed E-state index contributed by atoms with van der Waals surface area (Å²) in [4.78, 5) is 26.2. The van der Waals surface area contributed by atoms with Crippen molar-refractivity contribution in [3.63, 3.8) is 0 Å². The second-order valence-electron chi connectivity index (χ2n) is 10.3. The van der Waals surface area contributed by atoms with Crippen molar-refractivity contribution in [1.82, 2.24) is 5.32 Å². The van der Waals surface area contributed by atoms with Crippen LogP contribution in [0.4, 0.5) is 36.4 Å². The van der Waals surface area contributed by atoms with Gasteiger partial charge in [-0.15, -0.1) is 0 Å². The molecular weight excluding hydrogens is 680 g/mol. The molecule has 0 saturated carbocycles. The van der Waals surface area contributed by atoms with Gasteiger partial charge in [0.25, 0.3) is 11.8 Å². The highest BCUT2D eigenvalue weighted by Crippen LogP contribution is 2.53. The number of carbonyl (C=O) groups excluding carboxylic acids is 2. The Morgan fingerprint density at radius 1 is 0.974 bits per heavy atom. The molecular formula is C25H28F7IN2O2SSi. The molecule has 1 unspecified atom stereocenters. The highest BCUT2D eigenvalue weighted by molar-refractivity contribution is 14.1. The van der Waals surface area contributed by atoms with Crippen molar-refractivity contribution >= 4 is 59.9 Å². The Hall–Kier alpha value is -1.81. The molecule has 0 saturated heterocycles. The second kappa shape index (κ2) is 12.4. The lowest BCUT2D eigenvalue weighted by atomic mass is 9.92. The number of amides is 2. The Morgan fingerprint density at radius 2 is 1.56 bits per heavy atom. The van der Waals surface area contributed by atoms with E-state index in [1.165, 1.54) is 12.1 Å². The first-order chi connectivity index (χ1) is 17.7. The average molecular weight is 709 g/mol. The van der Waals surface area contributed by atoms with E-state index in [0.29, 0.717) is 21.5 Å². The molecule has 0 bridgehead atoms. The largest absolute Gasteiger partial charge is 0.435 e. The predicted molar refractivity (Wildman–Crippen MR) is 151 cm³/mol. The number of rotatable bonds is 9. The summed E-state index contributed by atoms with van der Waals surface area (Å²) >= 11 is 3.62. The van der Waals surface area contributed by atoms with Crippen LogP contribution in [0.2, 0.25) is 19.6 Å². The highest BCUT2D eigenvalue weighted by atomic mass is 127. The summed E-state index contributed by atoms with van der Waals surface area (Å²) < 4.78 is 93.6. The quantitative estimate of drug-likeness (QED) is 0.159. The van der Waals surface area contributed by atoms with E-state index in [-0.39, 0.29) is 28.4 Å². The molecule has 0 aliphatic rings. The van der Waals surface area contributed by atoms with E-state index in [1.807, 2.05) is 29.5 Å². The van der Waals surface area contributed by atoms with Gasteiger partial charge in [0.05, 0.1) is 19.2 Å². The molecule has 0 spiro atoms. The van der Waals surface area contributed by atoms with Crippen LogP contribution in [0.15, 0.2) is 36.4 Å². The molecule has 4 nitrogen and oxygen atoms in total. The lowest BCUT2D eigenvalue weighted by Gasteiger charge is -2.30. The number of halogens is 8. The summed E-state index contributed by atoms with van der Waals surface area (Å²) in [6, 6.07) is 5.79. The lowest BCUT2D eigenvalue weighted by Crippen LogP contribution is -2.50. The van der Waals surface area contributed by atoms with Gasteiger partial charge in [0.15, 0.2) is 0 Å². The first-order valence-corrected chi connectivity index (χ1v) is 17.5. The molecule has 0 aliphatic carbocycles. The molecule has 0 heterocycles. The minimum absolute atomic E-state index is 0.0461. The maximum absolute atomic E-state index is 14.4. The smallest absolute Gasteiger partial charge is 0.349 e. The molecule has 0 radical (unpaired) electrons. The van der Waals surface area contributed by atoms with Crippen molar-refractivity contribution in [2.45, 2.75) is 57.6 Å². The normalized spacial score (nSPS) is 13.7. The maximum Gasteiger partial charge on any atom is 0.435 e. The standard InChI is InChI=1S/C25H28F7IN2O2SSi/c1-14-11-16(23(26,24(27,28)29)25(30,31)32)9-10-19(14)35-21(36)17-7-6-8-18(33)20(17)22(37)34-15(2)12-38-13-39(3,4)5/h6-11,15H,12-13H2,1-5H3,(H,34,37)(H,35,36). The number of thioether (sulfide) groups is 1. The Labute approximate surface area is 241 Å². The van der Waals surface area contributed by atoms with E-state index in [4.69, 9.17) is 0 Å². The number of carbonyl (C=O) groups is 2. The Morgan fingerprint density at radius 3 is 2.08 bits per heavy atom. The predicted octanol–water partition coefficient (Wildman–Crippen LogP) is 7.87. The fourth-order valence-electron chi connectivity index (χ4n) is 3.52. The average Bonchev–Trinajstić information content (AvgIpc) is 2.77. The van der Waals surface area contributed by atoms with Gasteiger partial charge in [0, 0.05) is 26.6 Å². The minimum Gasteiger partial charge on any atom is -0.349 e. The SMILES string of the molecule is Cc1cc(C(F)(C(F)(F)F)C(F)(F)F)ccc1NC(=O)c1cccc(I)c1C(=O)NC(C)CSC[Si](C)(C)C. The third-order valence-corrected chi connectivity index (χ3v) is 11.3. The van der Waals surface area contributed by atoms with Crippen LogP contribution in [0.3, 0.4) is 0 Å². The van der Waals surface area contributed by atoms with Crippen molar-refractivity contribution in [3.8, 4) is 0 Å². The lowest BCUT2D eigenvalue weighted by molar-refractivity contribution is -0.348. The van der Waals surface area contributed by atoms with E-state index in [9.17, 15) is 40.3 Å². The second-order valence-corrected chi connectivity index (χ2v) is 18.4. The van der Waals surface area contributed by atoms with Crippen molar-refractivity contribution in [2.24, 2.45) is 0 Å². The summed E-state index contributed by atoms with van der Waals surface area (Å²) in [6.07, 6.45) is -12.5. The van der Waals surface area contributed by atoms with Gasteiger partial charge in [0.1, 0.15) is 0 Å². The van der Waals surface area contributed by atoms with Gasteiger partial charge in [-0.3, -0.25) is 9.59 Å². The number of aryl methyl sites for hydroxylation is 1. The summed E-state index contributed by atoms with van der Waals surface area (Å²) in [5.74, 6) is -0.650. The Balaban J connectivity index is 2.30. The van der Waals surface area contributed by atoms with Gasteiger partial charge in [-0.25, -0.2) is 4.39 Å². The van der Waals surface area contributed by atoms with Crippen LogP contribution >= 0.6 is 34.4 Å². The number of nitrogens with one attached hydrogen (secondary N) is 2. The van der Waals surface area contributed by atoms with Gasteiger partial charge in [-0.2, -0.15) is 38.1 Å². The first-order valence-electron chi connectivity index (χ1n) is 11.6. The van der Waals surface area contributed by atoms with Crippen molar-refractivity contribution in [3.05, 3.63) is 62.2 Å². The van der Waals surface area contributed by atoms with E-state index in [1.54, 1.807) is 17.8 Å². The van der Waals surface area contributed by atoms with Gasteiger partial charge < -0.3 is 10.6 Å². The fraction of sp³-hybridized carbons (Fsp3) is 0.440. The fourth-order valence-corrected chi connectivity index (χ4v) is 7.62. The van der Waals surface area contributed by atoms with Crippen LogP contribution in [0.5, 0.6) is 0 Å². The molecule has 14 heteroatoms. The van der Waals surface area contributed by atoms with Crippen LogP contribution in [-0.4, -0.2) is 49.4 Å². The third kappa shape index (κ3) is 8.12. The van der Waals surface area contributed by atoms with E-state index >= 15 is 0 Å². The molecule has 2 rings (SSSR count). The van der Waals surface area contributed by atoms with Gasteiger partial charge >= 0.3 is 18.0 Å². The molecule has 2 amide bonds. The number of benzene rings is 2. The van der Waals surface area contributed by atoms with Crippen LogP contribution in [0.1, 0.15) is 38.8 Å². The molecule has 1 atom stereocenters. The summed E-state index contributed by atoms with van der Waals surface area (Å²) in [7, 11) is -1.27.